The number of quaternary nitrogens is 2. The summed E-state index contributed by atoms with van der Waals surface area (Å²) >= 11 is 0. The summed E-state index contributed by atoms with van der Waals surface area (Å²) in [6.45, 7) is 7.01. The summed E-state index contributed by atoms with van der Waals surface area (Å²) in [7, 11) is 3.38. The number of fused-ring (bicyclic) bond motifs is 1. The first-order valence-electron chi connectivity index (χ1n) is 10.1. The lowest BCUT2D eigenvalue weighted by Crippen LogP contribution is -3.27. The van der Waals surface area contributed by atoms with Crippen LogP contribution in [0.5, 0.6) is 11.5 Å². The van der Waals surface area contributed by atoms with Crippen LogP contribution in [0.4, 0.5) is 0 Å². The Bertz CT molecular complexity index is 933. The minimum atomic E-state index is 0.797. The Morgan fingerprint density at radius 2 is 1.21 bits per heavy atom. The number of benzene rings is 3. The molecular weight excluding hydrogens is 348 g/mol. The molecule has 0 atom stereocenters. The van der Waals surface area contributed by atoms with E-state index in [1.54, 1.807) is 24.0 Å². The van der Waals surface area contributed by atoms with Crippen LogP contribution in [-0.2, 0) is 13.1 Å². The topological polar surface area (TPSA) is 27.3 Å². The number of nitrogens with one attached hydrogen (secondary N) is 2. The van der Waals surface area contributed by atoms with Crippen LogP contribution in [0, 0.1) is 0 Å². The summed E-state index contributed by atoms with van der Waals surface area (Å²) in [5.41, 5.74) is 2.75. The van der Waals surface area contributed by atoms with Crippen LogP contribution < -0.4 is 19.3 Å². The third kappa shape index (κ3) is 4.29. The average molecular weight is 379 g/mol. The van der Waals surface area contributed by atoms with Crippen molar-refractivity contribution in [3.8, 4) is 11.5 Å². The average Bonchev–Trinajstić information content (AvgIpc) is 2.75. The normalized spacial score (nSPS) is 19.5. The number of rotatable bonds is 6. The highest BCUT2D eigenvalue weighted by Gasteiger charge is 2.23. The molecule has 2 N–H and O–H groups in total. The molecule has 146 valence electrons. The van der Waals surface area contributed by atoms with E-state index in [1.165, 1.54) is 48.1 Å². The second-order valence-corrected chi connectivity index (χ2v) is 7.72. The summed E-state index contributed by atoms with van der Waals surface area (Å²) in [6.07, 6.45) is 0. The van der Waals surface area contributed by atoms with Crippen molar-refractivity contribution < 1.29 is 19.3 Å². The molecule has 3 aromatic rings. The van der Waals surface area contributed by atoms with E-state index in [4.69, 9.17) is 9.47 Å². The van der Waals surface area contributed by atoms with Gasteiger partial charge < -0.3 is 19.3 Å². The Hall–Kier alpha value is -2.56. The van der Waals surface area contributed by atoms with Crippen LogP contribution in [0.3, 0.4) is 0 Å². The molecule has 1 saturated heterocycles. The predicted molar refractivity (Wildman–Crippen MR) is 112 cm³/mol. The fraction of sp³-hybridized carbons (Fsp3) is 0.333. The highest BCUT2D eigenvalue weighted by molar-refractivity contribution is 5.82. The van der Waals surface area contributed by atoms with E-state index in [-0.39, 0.29) is 0 Å². The fourth-order valence-electron chi connectivity index (χ4n) is 4.23. The first-order chi connectivity index (χ1) is 13.7. The molecule has 4 rings (SSSR count). The summed E-state index contributed by atoms with van der Waals surface area (Å²) in [5, 5.41) is 2.67. The van der Waals surface area contributed by atoms with Gasteiger partial charge in [-0.3, -0.25) is 0 Å². The smallest absolute Gasteiger partial charge is 0.161 e. The predicted octanol–water partition coefficient (Wildman–Crippen LogP) is 1.34. The molecule has 0 saturated carbocycles. The highest BCUT2D eigenvalue weighted by atomic mass is 16.5. The molecule has 0 unspecified atom stereocenters. The van der Waals surface area contributed by atoms with Crippen molar-refractivity contribution in [1.29, 1.82) is 0 Å². The van der Waals surface area contributed by atoms with Gasteiger partial charge in [0.2, 0.25) is 0 Å². The summed E-state index contributed by atoms with van der Waals surface area (Å²) in [4.78, 5) is 3.33. The molecule has 0 amide bonds. The minimum Gasteiger partial charge on any atom is -0.493 e. The van der Waals surface area contributed by atoms with E-state index in [9.17, 15) is 0 Å². The van der Waals surface area contributed by atoms with Gasteiger partial charge in [0.05, 0.1) is 14.2 Å². The molecule has 0 bridgehead atoms. The van der Waals surface area contributed by atoms with Crippen molar-refractivity contribution in [1.82, 2.24) is 0 Å². The Morgan fingerprint density at radius 1 is 0.643 bits per heavy atom. The third-order valence-corrected chi connectivity index (χ3v) is 5.83. The Balaban J connectivity index is 1.33. The monoisotopic (exact) mass is 378 g/mol. The lowest BCUT2D eigenvalue weighted by molar-refractivity contribution is -1.02. The third-order valence-electron chi connectivity index (χ3n) is 5.83. The second kappa shape index (κ2) is 8.63. The van der Waals surface area contributed by atoms with E-state index in [0.29, 0.717) is 0 Å². The van der Waals surface area contributed by atoms with Gasteiger partial charge in [0.15, 0.2) is 11.5 Å². The number of piperazine rings is 1. The lowest BCUT2D eigenvalue weighted by atomic mass is 10.1. The van der Waals surface area contributed by atoms with Crippen LogP contribution >= 0.6 is 0 Å². The maximum Gasteiger partial charge on any atom is 0.161 e. The maximum atomic E-state index is 5.44. The molecule has 0 aromatic heterocycles. The van der Waals surface area contributed by atoms with E-state index in [0.717, 1.165) is 24.6 Å². The molecule has 1 fully saturated rings. The molecule has 1 aliphatic heterocycles. The van der Waals surface area contributed by atoms with Crippen molar-refractivity contribution >= 4 is 10.8 Å². The van der Waals surface area contributed by atoms with Gasteiger partial charge in [-0.1, -0.05) is 36.4 Å². The zero-order valence-electron chi connectivity index (χ0n) is 16.8. The number of hydrogen-bond donors (Lipinski definition) is 2. The van der Waals surface area contributed by atoms with E-state index >= 15 is 0 Å². The lowest BCUT2D eigenvalue weighted by Gasteiger charge is -2.30. The summed E-state index contributed by atoms with van der Waals surface area (Å²) in [6, 6.07) is 21.8. The van der Waals surface area contributed by atoms with Crippen LogP contribution in [0.15, 0.2) is 60.7 Å². The van der Waals surface area contributed by atoms with Crippen LogP contribution in [0.2, 0.25) is 0 Å². The number of ether oxygens (including phenoxy) is 2. The molecule has 3 aromatic carbocycles. The molecule has 4 nitrogen and oxygen atoms in total. The summed E-state index contributed by atoms with van der Waals surface area (Å²) < 4.78 is 10.8. The van der Waals surface area contributed by atoms with Crippen molar-refractivity contribution in [3.05, 3.63) is 71.8 Å². The largest absolute Gasteiger partial charge is 0.493 e. The quantitative estimate of drug-likeness (QED) is 0.677. The SMILES string of the molecule is COc1ccc(C[NH+]2CC[NH+](Cc3ccc4ccccc4c3)CC2)cc1OC. The van der Waals surface area contributed by atoms with Crippen molar-refractivity contribution in [3.63, 3.8) is 0 Å². The van der Waals surface area contributed by atoms with Gasteiger partial charge in [0.25, 0.3) is 0 Å². The molecule has 4 heteroatoms. The van der Waals surface area contributed by atoms with Crippen LogP contribution in [-0.4, -0.2) is 40.4 Å². The molecule has 0 aliphatic carbocycles. The molecular formula is C24H30N2O2+2. The molecule has 1 aliphatic rings. The zero-order chi connectivity index (χ0) is 19.3. The summed E-state index contributed by atoms with van der Waals surface area (Å²) in [5.74, 6) is 1.62. The number of methoxy groups -OCH3 is 2. The van der Waals surface area contributed by atoms with Crippen molar-refractivity contribution in [2.45, 2.75) is 13.1 Å². The van der Waals surface area contributed by atoms with Crippen molar-refractivity contribution in [2.75, 3.05) is 40.4 Å². The van der Waals surface area contributed by atoms with Gasteiger partial charge in [-0.05, 0) is 35.0 Å². The van der Waals surface area contributed by atoms with Gasteiger partial charge >= 0.3 is 0 Å². The minimum absolute atomic E-state index is 0.797. The van der Waals surface area contributed by atoms with Crippen LogP contribution in [0.25, 0.3) is 10.8 Å². The number of hydrogen-bond acceptors (Lipinski definition) is 2. The van der Waals surface area contributed by atoms with Gasteiger partial charge in [-0.15, -0.1) is 0 Å². The Kier molecular flexibility index (Phi) is 5.79. The first-order valence-corrected chi connectivity index (χ1v) is 10.1. The molecule has 28 heavy (non-hydrogen) atoms. The highest BCUT2D eigenvalue weighted by Crippen LogP contribution is 2.27. The van der Waals surface area contributed by atoms with Gasteiger partial charge in [-0.25, -0.2) is 0 Å². The van der Waals surface area contributed by atoms with Crippen LogP contribution in [0.1, 0.15) is 11.1 Å². The fourth-order valence-corrected chi connectivity index (χ4v) is 4.23. The van der Waals surface area contributed by atoms with Gasteiger partial charge in [0.1, 0.15) is 39.3 Å². The Labute approximate surface area is 167 Å². The Morgan fingerprint density at radius 3 is 1.86 bits per heavy atom. The molecule has 0 spiro atoms. The van der Waals surface area contributed by atoms with E-state index in [2.05, 4.69) is 54.6 Å². The van der Waals surface area contributed by atoms with Crippen molar-refractivity contribution in [2.24, 2.45) is 0 Å². The molecule has 0 radical (unpaired) electrons. The molecule has 1 heterocycles. The maximum absolute atomic E-state index is 5.44. The van der Waals surface area contributed by atoms with Gasteiger partial charge in [-0.2, -0.15) is 0 Å². The van der Waals surface area contributed by atoms with E-state index in [1.807, 2.05) is 6.07 Å². The van der Waals surface area contributed by atoms with E-state index < -0.39 is 0 Å². The van der Waals surface area contributed by atoms with Gasteiger partial charge in [0, 0.05) is 11.1 Å². The standard InChI is InChI=1S/C24H28N2O2/c1-27-23-10-8-20(16-24(23)28-2)18-26-13-11-25(12-14-26)17-19-7-9-21-5-3-4-6-22(21)15-19/h3-10,15-16H,11-14,17-18H2,1-2H3/p+2. The zero-order valence-corrected chi connectivity index (χ0v) is 16.8. The first kappa shape index (κ1) is 18.8. The second-order valence-electron chi connectivity index (χ2n) is 7.72.